The predicted octanol–water partition coefficient (Wildman–Crippen LogP) is 1.99. The maximum absolute atomic E-state index is 12.2. The van der Waals surface area contributed by atoms with Crippen molar-refractivity contribution in [3.63, 3.8) is 0 Å². The largest absolute Gasteiger partial charge is 0.356 e. The molecule has 2 fully saturated rings. The lowest BCUT2D eigenvalue weighted by molar-refractivity contribution is -0.124. The molecule has 2 aromatic heterocycles. The van der Waals surface area contributed by atoms with Crippen LogP contribution in [0.4, 0.5) is 10.6 Å². The van der Waals surface area contributed by atoms with Crippen LogP contribution in [0.15, 0.2) is 6.33 Å². The number of aryl methyl sites for hydroxylation is 1. The van der Waals surface area contributed by atoms with E-state index in [9.17, 15) is 9.59 Å². The third-order valence-electron chi connectivity index (χ3n) is 6.00. The molecule has 1 aliphatic carbocycles. The number of thiophene rings is 1. The van der Waals surface area contributed by atoms with Crippen molar-refractivity contribution in [2.24, 2.45) is 5.92 Å². The third kappa shape index (κ3) is 2.31. The first-order valence-electron chi connectivity index (χ1n) is 9.19. The van der Waals surface area contributed by atoms with Crippen LogP contribution in [0.1, 0.15) is 36.6 Å². The van der Waals surface area contributed by atoms with Gasteiger partial charge in [-0.1, -0.05) is 6.92 Å². The zero-order valence-corrected chi connectivity index (χ0v) is 15.5. The first kappa shape index (κ1) is 16.0. The van der Waals surface area contributed by atoms with Crippen molar-refractivity contribution in [1.29, 1.82) is 0 Å². The second-order valence-corrected chi connectivity index (χ2v) is 8.79. The van der Waals surface area contributed by atoms with Gasteiger partial charge in [0.05, 0.1) is 5.39 Å². The Morgan fingerprint density at radius 3 is 2.81 bits per heavy atom. The molecule has 3 aliphatic rings. The number of aromatic nitrogens is 2. The maximum Gasteiger partial charge on any atom is 0.322 e. The van der Waals surface area contributed by atoms with Gasteiger partial charge in [0.1, 0.15) is 22.5 Å². The molecule has 8 heteroatoms. The summed E-state index contributed by atoms with van der Waals surface area (Å²) in [6.07, 6.45) is 6.27. The highest BCUT2D eigenvalue weighted by atomic mass is 32.1. The van der Waals surface area contributed by atoms with Crippen molar-refractivity contribution in [3.8, 4) is 0 Å². The summed E-state index contributed by atoms with van der Waals surface area (Å²) in [7, 11) is 0. The molecule has 2 N–H and O–H groups in total. The first-order chi connectivity index (χ1) is 12.6. The van der Waals surface area contributed by atoms with E-state index in [4.69, 9.17) is 0 Å². The molecule has 1 spiro atoms. The summed E-state index contributed by atoms with van der Waals surface area (Å²) in [5.41, 5.74) is 0.675. The van der Waals surface area contributed by atoms with Crippen LogP contribution in [-0.2, 0) is 17.6 Å². The Morgan fingerprint density at radius 1 is 1.27 bits per heavy atom. The van der Waals surface area contributed by atoms with E-state index in [2.05, 4.69) is 32.4 Å². The average molecular weight is 371 g/mol. The molecule has 136 valence electrons. The molecule has 2 aliphatic heterocycles. The Labute approximate surface area is 155 Å². The van der Waals surface area contributed by atoms with Crippen LogP contribution >= 0.6 is 11.3 Å². The summed E-state index contributed by atoms with van der Waals surface area (Å²) in [5, 5.41) is 6.40. The van der Waals surface area contributed by atoms with Crippen LogP contribution in [0.2, 0.25) is 0 Å². The number of fused-ring (bicyclic) bond motifs is 3. The molecule has 3 amide bonds. The number of amides is 3. The molecule has 2 saturated heterocycles. The van der Waals surface area contributed by atoms with E-state index in [1.807, 2.05) is 0 Å². The zero-order valence-electron chi connectivity index (χ0n) is 14.7. The number of anilines is 1. The highest BCUT2D eigenvalue weighted by Gasteiger charge is 2.48. The van der Waals surface area contributed by atoms with E-state index in [0.717, 1.165) is 29.4 Å². The minimum atomic E-state index is -0.747. The van der Waals surface area contributed by atoms with E-state index >= 15 is 0 Å². The van der Waals surface area contributed by atoms with Crippen molar-refractivity contribution in [3.05, 3.63) is 16.8 Å². The van der Waals surface area contributed by atoms with E-state index in [0.29, 0.717) is 25.9 Å². The zero-order chi connectivity index (χ0) is 17.9. The fourth-order valence-corrected chi connectivity index (χ4v) is 5.82. The second-order valence-electron chi connectivity index (χ2n) is 7.71. The van der Waals surface area contributed by atoms with Crippen LogP contribution in [0, 0.1) is 5.92 Å². The van der Waals surface area contributed by atoms with Gasteiger partial charge in [-0.2, -0.15) is 0 Å². The quantitative estimate of drug-likeness (QED) is 0.749. The van der Waals surface area contributed by atoms with Gasteiger partial charge in [-0.25, -0.2) is 14.8 Å². The Bertz CT molecular complexity index is 916. The lowest BCUT2D eigenvalue weighted by atomic mass is 9.87. The normalized spacial score (nSPS) is 24.7. The Morgan fingerprint density at radius 2 is 2.08 bits per heavy atom. The number of carbonyl (C=O) groups is 2. The number of hydrogen-bond donors (Lipinski definition) is 2. The number of nitrogens with zero attached hydrogens (tertiary/aromatic N) is 3. The number of nitrogens with one attached hydrogen (secondary N) is 2. The van der Waals surface area contributed by atoms with Crippen LogP contribution in [0.5, 0.6) is 0 Å². The van der Waals surface area contributed by atoms with Gasteiger partial charge < -0.3 is 10.2 Å². The Kier molecular flexibility index (Phi) is 3.47. The van der Waals surface area contributed by atoms with Gasteiger partial charge in [0, 0.05) is 18.0 Å². The molecule has 1 atom stereocenters. The molecule has 0 aromatic carbocycles. The average Bonchev–Trinajstić information content (AvgIpc) is 3.12. The molecular formula is C18H21N5O2S. The van der Waals surface area contributed by atoms with Gasteiger partial charge in [0.15, 0.2) is 0 Å². The van der Waals surface area contributed by atoms with Crippen molar-refractivity contribution in [1.82, 2.24) is 20.6 Å². The van der Waals surface area contributed by atoms with Crippen molar-refractivity contribution < 1.29 is 9.59 Å². The van der Waals surface area contributed by atoms with E-state index in [1.165, 1.54) is 22.2 Å². The van der Waals surface area contributed by atoms with Gasteiger partial charge in [0.2, 0.25) is 0 Å². The van der Waals surface area contributed by atoms with Crippen molar-refractivity contribution in [2.75, 3.05) is 18.0 Å². The number of rotatable bonds is 1. The predicted molar refractivity (Wildman–Crippen MR) is 99.5 cm³/mol. The maximum atomic E-state index is 12.2. The van der Waals surface area contributed by atoms with Gasteiger partial charge in [-0.15, -0.1) is 11.3 Å². The minimum Gasteiger partial charge on any atom is -0.356 e. The van der Waals surface area contributed by atoms with Crippen LogP contribution < -0.4 is 15.5 Å². The van der Waals surface area contributed by atoms with Crippen molar-refractivity contribution in [2.45, 2.75) is 44.6 Å². The summed E-state index contributed by atoms with van der Waals surface area (Å²) in [6.45, 7) is 3.70. The summed E-state index contributed by atoms with van der Waals surface area (Å²) < 4.78 is 0. The van der Waals surface area contributed by atoms with E-state index in [1.54, 1.807) is 17.7 Å². The van der Waals surface area contributed by atoms with Gasteiger partial charge in [-0.3, -0.25) is 10.1 Å². The first-order valence-corrected chi connectivity index (χ1v) is 10.0. The molecule has 0 bridgehead atoms. The number of carbonyl (C=O) groups excluding carboxylic acids is 2. The number of urea groups is 1. The second kappa shape index (κ2) is 5.64. The summed E-state index contributed by atoms with van der Waals surface area (Å²) >= 11 is 1.80. The molecule has 26 heavy (non-hydrogen) atoms. The molecule has 0 radical (unpaired) electrons. The summed E-state index contributed by atoms with van der Waals surface area (Å²) in [4.78, 5) is 37.6. The van der Waals surface area contributed by atoms with E-state index < -0.39 is 5.54 Å². The highest BCUT2D eigenvalue weighted by molar-refractivity contribution is 7.19. The van der Waals surface area contributed by atoms with Crippen LogP contribution in [-0.4, -0.2) is 40.5 Å². The monoisotopic (exact) mass is 371 g/mol. The number of hydrogen-bond acceptors (Lipinski definition) is 6. The third-order valence-corrected chi connectivity index (χ3v) is 7.17. The molecule has 4 heterocycles. The molecule has 2 aromatic rings. The molecular weight excluding hydrogens is 350 g/mol. The number of imide groups is 1. The minimum absolute atomic E-state index is 0.197. The van der Waals surface area contributed by atoms with Gasteiger partial charge in [-0.05, 0) is 43.6 Å². The Hall–Kier alpha value is -2.22. The van der Waals surface area contributed by atoms with Crippen LogP contribution in [0.25, 0.3) is 10.2 Å². The highest BCUT2D eigenvalue weighted by Crippen LogP contribution is 2.41. The van der Waals surface area contributed by atoms with Gasteiger partial charge >= 0.3 is 6.03 Å². The summed E-state index contributed by atoms with van der Waals surface area (Å²) in [5.74, 6) is 1.52. The SMILES string of the molecule is C[C@@H]1CCc2c(sc3ncnc(N4CCC5(CC4)NC(=O)NC5=O)c23)C1. The fourth-order valence-electron chi connectivity index (χ4n) is 4.48. The smallest absolute Gasteiger partial charge is 0.322 e. The van der Waals surface area contributed by atoms with Gasteiger partial charge in [0.25, 0.3) is 5.91 Å². The van der Waals surface area contributed by atoms with Crippen molar-refractivity contribution >= 4 is 39.3 Å². The summed E-state index contributed by atoms with van der Waals surface area (Å²) in [6, 6.07) is -0.381. The lowest BCUT2D eigenvalue weighted by Crippen LogP contribution is -2.55. The topological polar surface area (TPSA) is 87.2 Å². The van der Waals surface area contributed by atoms with E-state index in [-0.39, 0.29) is 11.9 Å². The fraction of sp³-hybridized carbons (Fsp3) is 0.556. The lowest BCUT2D eigenvalue weighted by Gasteiger charge is -2.37. The molecule has 0 saturated carbocycles. The standard InChI is InChI=1S/C18H21N5O2S/c1-10-2-3-11-12(8-10)26-15-13(11)14(19-9-20-15)23-6-4-18(5-7-23)16(24)21-17(25)22-18/h9-10H,2-8H2,1H3,(H2,21,22,24,25)/t10-/m1/s1. The molecule has 7 nitrogen and oxygen atoms in total. The van der Waals surface area contributed by atoms with Crippen LogP contribution in [0.3, 0.4) is 0 Å². The molecule has 0 unspecified atom stereocenters. The molecule has 5 rings (SSSR count). The number of piperidine rings is 1. The Balaban J connectivity index is 1.47.